The van der Waals surface area contributed by atoms with Crippen molar-refractivity contribution in [3.8, 4) is 5.75 Å². The topological polar surface area (TPSA) is 64.9 Å². The quantitative estimate of drug-likeness (QED) is 0.682. The Kier molecular flexibility index (Phi) is 5.50. The van der Waals surface area contributed by atoms with E-state index in [1.54, 1.807) is 16.7 Å². The first-order valence-corrected chi connectivity index (χ1v) is 9.73. The van der Waals surface area contributed by atoms with E-state index < -0.39 is 0 Å². The third kappa shape index (κ3) is 4.29. The second-order valence-corrected chi connectivity index (χ2v) is 7.40. The van der Waals surface area contributed by atoms with Gasteiger partial charge in [0.25, 0.3) is 5.56 Å². The van der Waals surface area contributed by atoms with E-state index in [9.17, 15) is 4.79 Å². The highest BCUT2D eigenvalue weighted by Crippen LogP contribution is 2.29. The molecule has 1 aromatic carbocycles. The number of aromatic nitrogens is 2. The molecule has 1 aliphatic rings. The number of halogens is 1. The number of pyridine rings is 1. The van der Waals surface area contributed by atoms with Crippen LogP contribution in [0.2, 0.25) is 5.02 Å². The summed E-state index contributed by atoms with van der Waals surface area (Å²) in [5.41, 5.74) is 2.94. The van der Waals surface area contributed by atoms with Crippen LogP contribution in [0, 0.1) is 6.92 Å². The Morgan fingerprint density at radius 2 is 2.21 bits per heavy atom. The molecule has 1 aliphatic heterocycles. The molecule has 6 nitrogen and oxygen atoms in total. The molecule has 4 rings (SSSR count). The van der Waals surface area contributed by atoms with Gasteiger partial charge < -0.3 is 14.8 Å². The van der Waals surface area contributed by atoms with Crippen molar-refractivity contribution in [3.63, 3.8) is 0 Å². The average Bonchev–Trinajstić information content (AvgIpc) is 3.20. The van der Waals surface area contributed by atoms with E-state index in [4.69, 9.17) is 21.1 Å². The Balaban J connectivity index is 1.51. The number of hydrogen-bond donors (Lipinski definition) is 1. The van der Waals surface area contributed by atoms with Crippen LogP contribution in [0.4, 0.5) is 5.69 Å². The van der Waals surface area contributed by atoms with Crippen molar-refractivity contribution in [2.45, 2.75) is 32.4 Å². The molecule has 1 atom stereocenters. The summed E-state index contributed by atoms with van der Waals surface area (Å²) in [4.78, 5) is 16.9. The fourth-order valence-electron chi connectivity index (χ4n) is 3.26. The smallest absolute Gasteiger partial charge is 0.258 e. The molecule has 0 amide bonds. The third-order valence-corrected chi connectivity index (χ3v) is 4.95. The number of rotatable bonds is 6. The molecule has 2 aromatic heterocycles. The maximum absolute atomic E-state index is 12.4. The summed E-state index contributed by atoms with van der Waals surface area (Å²) < 4.78 is 13.1. The Hall–Kier alpha value is -2.57. The van der Waals surface area contributed by atoms with Crippen molar-refractivity contribution in [1.82, 2.24) is 9.38 Å². The molecule has 0 bridgehead atoms. The van der Waals surface area contributed by atoms with Crippen LogP contribution < -0.4 is 15.6 Å². The second kappa shape index (κ2) is 8.20. The average molecular weight is 400 g/mol. The van der Waals surface area contributed by atoms with Crippen LogP contribution in [0.5, 0.6) is 5.75 Å². The maximum atomic E-state index is 12.4. The van der Waals surface area contributed by atoms with E-state index in [-0.39, 0.29) is 11.7 Å². The number of nitrogens with zero attached hydrogens (tertiary/aromatic N) is 2. The predicted octanol–water partition coefficient (Wildman–Crippen LogP) is 3.83. The Bertz CT molecular complexity index is 1040. The molecule has 0 unspecified atom stereocenters. The van der Waals surface area contributed by atoms with Crippen molar-refractivity contribution < 1.29 is 9.47 Å². The second-order valence-electron chi connectivity index (χ2n) is 6.96. The zero-order valence-corrected chi connectivity index (χ0v) is 16.4. The lowest BCUT2D eigenvalue weighted by Crippen LogP contribution is -2.18. The molecule has 0 aliphatic carbocycles. The van der Waals surface area contributed by atoms with Gasteiger partial charge in [-0.3, -0.25) is 9.20 Å². The van der Waals surface area contributed by atoms with Crippen LogP contribution >= 0.6 is 11.6 Å². The molecule has 1 N–H and O–H groups in total. The van der Waals surface area contributed by atoms with E-state index in [1.165, 1.54) is 6.07 Å². The fraction of sp³-hybridized carbons (Fsp3) is 0.333. The summed E-state index contributed by atoms with van der Waals surface area (Å²) in [5, 5.41) is 3.89. The lowest BCUT2D eigenvalue weighted by atomic mass is 10.2. The molecule has 0 spiro atoms. The van der Waals surface area contributed by atoms with Crippen LogP contribution in [0.1, 0.15) is 24.1 Å². The first-order chi connectivity index (χ1) is 13.6. The van der Waals surface area contributed by atoms with Crippen LogP contribution in [0.15, 0.2) is 47.4 Å². The first-order valence-electron chi connectivity index (χ1n) is 9.35. The number of hydrogen-bond acceptors (Lipinski definition) is 5. The number of benzene rings is 1. The highest BCUT2D eigenvalue weighted by molar-refractivity contribution is 6.30. The summed E-state index contributed by atoms with van der Waals surface area (Å²) in [7, 11) is 0. The van der Waals surface area contributed by atoms with E-state index in [1.807, 2.05) is 31.2 Å². The standard InChI is InChI=1S/C21H22ClN3O3/c1-14-4-7-20-24-16(10-21(26)25(20)12-14)11-23-18-9-15(22)5-6-19(18)28-13-17-3-2-8-27-17/h4-7,9-10,12,17,23H,2-3,8,11,13H2,1H3/t17-/m0/s1. The molecule has 1 fully saturated rings. The molecule has 7 heteroatoms. The van der Waals surface area contributed by atoms with Gasteiger partial charge in [-0.05, 0) is 49.6 Å². The van der Waals surface area contributed by atoms with E-state index >= 15 is 0 Å². The van der Waals surface area contributed by atoms with Gasteiger partial charge in [0.15, 0.2) is 0 Å². The zero-order chi connectivity index (χ0) is 19.5. The largest absolute Gasteiger partial charge is 0.489 e. The highest BCUT2D eigenvalue weighted by Gasteiger charge is 2.17. The van der Waals surface area contributed by atoms with Gasteiger partial charge in [-0.25, -0.2) is 4.98 Å². The Labute approximate surface area is 168 Å². The molecule has 0 saturated carbocycles. The first kappa shape index (κ1) is 18.8. The molecular weight excluding hydrogens is 378 g/mol. The van der Waals surface area contributed by atoms with Gasteiger partial charge in [0.05, 0.1) is 24.0 Å². The molecule has 3 heterocycles. The minimum atomic E-state index is -0.105. The summed E-state index contributed by atoms with van der Waals surface area (Å²) >= 11 is 6.15. The lowest BCUT2D eigenvalue weighted by molar-refractivity contribution is 0.0682. The number of aryl methyl sites for hydroxylation is 1. The molecule has 1 saturated heterocycles. The lowest BCUT2D eigenvalue weighted by Gasteiger charge is -2.16. The normalized spacial score (nSPS) is 16.4. The van der Waals surface area contributed by atoms with Crippen molar-refractivity contribution in [2.24, 2.45) is 0 Å². The maximum Gasteiger partial charge on any atom is 0.258 e. The van der Waals surface area contributed by atoms with Gasteiger partial charge >= 0.3 is 0 Å². The van der Waals surface area contributed by atoms with Crippen LogP contribution in [0.3, 0.4) is 0 Å². The summed E-state index contributed by atoms with van der Waals surface area (Å²) in [5.74, 6) is 0.702. The van der Waals surface area contributed by atoms with Crippen molar-refractivity contribution in [2.75, 3.05) is 18.5 Å². The minimum Gasteiger partial charge on any atom is -0.489 e. The minimum absolute atomic E-state index is 0.105. The van der Waals surface area contributed by atoms with Gasteiger partial charge in [0.2, 0.25) is 0 Å². The van der Waals surface area contributed by atoms with Crippen molar-refractivity contribution >= 4 is 22.9 Å². The van der Waals surface area contributed by atoms with E-state index in [0.717, 1.165) is 30.7 Å². The molecular formula is C21H22ClN3O3. The van der Waals surface area contributed by atoms with E-state index in [0.29, 0.717) is 35.3 Å². The highest BCUT2D eigenvalue weighted by atomic mass is 35.5. The fourth-order valence-corrected chi connectivity index (χ4v) is 3.43. The third-order valence-electron chi connectivity index (χ3n) is 4.71. The van der Waals surface area contributed by atoms with Crippen molar-refractivity contribution in [3.05, 3.63) is 69.2 Å². The summed E-state index contributed by atoms with van der Waals surface area (Å²) in [6.07, 6.45) is 4.01. The molecule has 146 valence electrons. The Morgan fingerprint density at radius 3 is 3.04 bits per heavy atom. The van der Waals surface area contributed by atoms with Crippen LogP contribution in [-0.4, -0.2) is 28.7 Å². The summed E-state index contributed by atoms with van der Waals surface area (Å²) in [6.45, 7) is 3.63. The zero-order valence-electron chi connectivity index (χ0n) is 15.7. The number of nitrogens with one attached hydrogen (secondary N) is 1. The van der Waals surface area contributed by atoms with Gasteiger partial charge in [0.1, 0.15) is 18.0 Å². The monoisotopic (exact) mass is 399 g/mol. The number of fused-ring (bicyclic) bond motifs is 1. The van der Waals surface area contributed by atoms with E-state index in [2.05, 4.69) is 10.3 Å². The molecule has 0 radical (unpaired) electrons. The van der Waals surface area contributed by atoms with Crippen LogP contribution in [0.25, 0.3) is 5.65 Å². The van der Waals surface area contributed by atoms with Gasteiger partial charge in [-0.15, -0.1) is 0 Å². The number of ether oxygens (including phenoxy) is 2. The van der Waals surface area contributed by atoms with Crippen molar-refractivity contribution in [1.29, 1.82) is 0 Å². The van der Waals surface area contributed by atoms with Gasteiger partial charge in [-0.1, -0.05) is 17.7 Å². The molecule has 28 heavy (non-hydrogen) atoms. The number of anilines is 1. The summed E-state index contributed by atoms with van der Waals surface area (Å²) in [6, 6.07) is 10.8. The SMILES string of the molecule is Cc1ccc2nc(CNc3cc(Cl)ccc3OC[C@@H]3CCCO3)cc(=O)n2c1. The van der Waals surface area contributed by atoms with Gasteiger partial charge in [0, 0.05) is 23.9 Å². The van der Waals surface area contributed by atoms with Crippen LogP contribution in [-0.2, 0) is 11.3 Å². The predicted molar refractivity (Wildman–Crippen MR) is 109 cm³/mol. The Morgan fingerprint density at radius 1 is 1.32 bits per heavy atom. The molecule has 3 aromatic rings. The van der Waals surface area contributed by atoms with Gasteiger partial charge in [-0.2, -0.15) is 0 Å².